The highest BCUT2D eigenvalue weighted by Crippen LogP contribution is 2.01. The van der Waals surface area contributed by atoms with E-state index in [-0.39, 0.29) is 18.9 Å². The molecule has 134 valence electrons. The fourth-order valence-electron chi connectivity index (χ4n) is 2.11. The van der Waals surface area contributed by atoms with Gasteiger partial charge in [-0.1, -0.05) is 0 Å². The molecule has 0 unspecified atom stereocenters. The number of nitrogens with one attached hydrogen (secondary N) is 3. The Morgan fingerprint density at radius 3 is 2.62 bits per heavy atom. The predicted molar refractivity (Wildman–Crippen MR) is 84.7 cm³/mol. The summed E-state index contributed by atoms with van der Waals surface area (Å²) in [4.78, 5) is 42.0. The second-order valence-corrected chi connectivity index (χ2v) is 5.57. The smallest absolute Gasteiger partial charge is 0.278 e. The Kier molecular flexibility index (Phi) is 8.44. The van der Waals surface area contributed by atoms with Gasteiger partial charge in [0.15, 0.2) is 6.04 Å². The van der Waals surface area contributed by atoms with E-state index in [1.54, 1.807) is 6.20 Å². The summed E-state index contributed by atoms with van der Waals surface area (Å²) in [5.74, 6) is -1.45. The Labute approximate surface area is 139 Å². The van der Waals surface area contributed by atoms with Gasteiger partial charge in [-0.15, -0.1) is 0 Å². The van der Waals surface area contributed by atoms with E-state index in [9.17, 15) is 14.4 Å². The number of unbranched alkanes of at least 4 members (excludes halogenated alkanes) is 1. The number of imidazole rings is 1. The summed E-state index contributed by atoms with van der Waals surface area (Å²) in [5.41, 5.74) is 13.3. The maximum absolute atomic E-state index is 12.2. The van der Waals surface area contributed by atoms with E-state index in [0.29, 0.717) is 12.1 Å². The van der Waals surface area contributed by atoms with Crippen LogP contribution in [0.3, 0.4) is 0 Å². The number of nitrogens with zero attached hydrogens (tertiary/aromatic N) is 1. The molecule has 0 aliphatic heterocycles. The second kappa shape index (κ2) is 10.3. The van der Waals surface area contributed by atoms with E-state index in [0.717, 1.165) is 19.4 Å². The Bertz CT molecular complexity index is 532. The molecule has 2 atom stereocenters. The quantitative estimate of drug-likeness (QED) is 0.224. The zero-order valence-electron chi connectivity index (χ0n) is 13.7. The van der Waals surface area contributed by atoms with Crippen LogP contribution in [0.25, 0.3) is 0 Å². The number of amides is 3. The van der Waals surface area contributed by atoms with Crippen molar-refractivity contribution >= 4 is 17.7 Å². The van der Waals surface area contributed by atoms with Crippen LogP contribution in [-0.2, 0) is 20.8 Å². The lowest BCUT2D eigenvalue weighted by molar-refractivity contribution is -0.406. The highest BCUT2D eigenvalue weighted by atomic mass is 16.2. The van der Waals surface area contributed by atoms with Gasteiger partial charge in [0, 0.05) is 24.7 Å². The number of hydrogen-bond acceptors (Lipinski definition) is 4. The van der Waals surface area contributed by atoms with Crippen LogP contribution in [0.1, 0.15) is 25.0 Å². The van der Waals surface area contributed by atoms with Gasteiger partial charge in [-0.2, -0.15) is 0 Å². The van der Waals surface area contributed by atoms with Crippen molar-refractivity contribution in [2.75, 3.05) is 13.1 Å². The monoisotopic (exact) mass is 341 g/mol. The summed E-state index contributed by atoms with van der Waals surface area (Å²) >= 11 is 0. The minimum atomic E-state index is -0.839. The number of H-pyrrole nitrogens is 1. The minimum Gasteiger partial charge on any atom is -0.368 e. The molecule has 0 saturated heterocycles. The number of nitrogens with two attached hydrogens (primary N) is 1. The standard InChI is InChI=1S/C14H25N7O3/c15-4-2-1-3-10(16)13(23)21-11(5-9-6-18-8-20-9)14(24)19-7-12(17)22/h6,8,10-11H,1-5,7,15-16H2,(H2,17,22)(H,18,20)(H,19,24)(H,21,23)/p+2/t10-,11-/m0/s1. The zero-order chi connectivity index (χ0) is 17.9. The average Bonchev–Trinajstić information content (AvgIpc) is 3.05. The van der Waals surface area contributed by atoms with Crippen LogP contribution in [0.5, 0.6) is 0 Å². The van der Waals surface area contributed by atoms with E-state index in [2.05, 4.69) is 32.1 Å². The summed E-state index contributed by atoms with van der Waals surface area (Å²) in [6, 6.07) is -1.29. The molecule has 0 radical (unpaired) electrons. The topological polar surface area (TPSA) is 185 Å². The first kappa shape index (κ1) is 19.6. The molecule has 3 amide bonds. The molecule has 0 aliphatic carbocycles. The molecule has 0 aliphatic rings. The van der Waals surface area contributed by atoms with E-state index in [4.69, 9.17) is 5.73 Å². The SMILES string of the molecule is NC(=O)CNC(=O)[C@H](Cc1cnc[nH]1)NC(=O)[C@@H]([NH3+])CCCC[NH3+]. The van der Waals surface area contributed by atoms with Crippen LogP contribution >= 0.6 is 0 Å². The number of quaternary nitrogens is 2. The van der Waals surface area contributed by atoms with Crippen molar-refractivity contribution < 1.29 is 25.9 Å². The molecule has 1 aromatic heterocycles. The van der Waals surface area contributed by atoms with Crippen molar-refractivity contribution in [2.45, 2.75) is 37.8 Å². The molecule has 1 rings (SSSR count). The molecule has 1 heterocycles. The van der Waals surface area contributed by atoms with Gasteiger partial charge >= 0.3 is 0 Å². The van der Waals surface area contributed by atoms with Crippen molar-refractivity contribution in [1.82, 2.24) is 20.6 Å². The first-order valence-corrected chi connectivity index (χ1v) is 7.90. The molecular formula is C14H27N7O3+2. The highest BCUT2D eigenvalue weighted by Gasteiger charge is 2.26. The summed E-state index contributed by atoms with van der Waals surface area (Å²) in [6.07, 6.45) is 5.68. The van der Waals surface area contributed by atoms with Gasteiger partial charge in [-0.3, -0.25) is 14.4 Å². The van der Waals surface area contributed by atoms with Crippen molar-refractivity contribution in [3.63, 3.8) is 0 Å². The van der Waals surface area contributed by atoms with Crippen LogP contribution in [-0.4, -0.2) is 52.9 Å². The largest absolute Gasteiger partial charge is 0.368 e. The zero-order valence-corrected chi connectivity index (χ0v) is 13.7. The normalized spacial score (nSPS) is 13.1. The van der Waals surface area contributed by atoms with Crippen LogP contribution < -0.4 is 27.8 Å². The molecule has 0 aromatic carbocycles. The third-order valence-electron chi connectivity index (χ3n) is 3.47. The lowest BCUT2D eigenvalue weighted by Gasteiger charge is -2.18. The maximum atomic E-state index is 12.2. The molecular weight excluding hydrogens is 314 g/mol. The minimum absolute atomic E-state index is 0.224. The summed E-state index contributed by atoms with van der Waals surface area (Å²) < 4.78 is 0. The molecule has 11 N–H and O–H groups in total. The number of aromatic amines is 1. The van der Waals surface area contributed by atoms with Gasteiger partial charge in [0.2, 0.25) is 11.8 Å². The molecule has 0 bridgehead atoms. The van der Waals surface area contributed by atoms with E-state index in [1.165, 1.54) is 6.33 Å². The van der Waals surface area contributed by atoms with Crippen molar-refractivity contribution in [1.29, 1.82) is 0 Å². The van der Waals surface area contributed by atoms with Crippen LogP contribution in [0, 0.1) is 0 Å². The first-order valence-electron chi connectivity index (χ1n) is 7.90. The average molecular weight is 341 g/mol. The Morgan fingerprint density at radius 1 is 1.29 bits per heavy atom. The number of carbonyl (C=O) groups excluding carboxylic acids is 3. The third kappa shape index (κ3) is 7.20. The van der Waals surface area contributed by atoms with Crippen LogP contribution in [0.2, 0.25) is 0 Å². The maximum Gasteiger partial charge on any atom is 0.278 e. The predicted octanol–water partition coefficient (Wildman–Crippen LogP) is -3.94. The van der Waals surface area contributed by atoms with Gasteiger partial charge in [0.1, 0.15) is 6.04 Å². The summed E-state index contributed by atoms with van der Waals surface area (Å²) in [6.45, 7) is 0.526. The van der Waals surface area contributed by atoms with Crippen molar-refractivity contribution in [2.24, 2.45) is 5.73 Å². The summed E-state index contributed by atoms with van der Waals surface area (Å²) in [5, 5.41) is 5.08. The molecule has 1 aromatic rings. The molecule has 24 heavy (non-hydrogen) atoms. The van der Waals surface area contributed by atoms with Gasteiger partial charge in [0.05, 0.1) is 19.4 Å². The number of rotatable bonds is 11. The van der Waals surface area contributed by atoms with Gasteiger partial charge in [-0.05, 0) is 12.8 Å². The first-order chi connectivity index (χ1) is 11.4. The lowest BCUT2D eigenvalue weighted by Crippen LogP contribution is -2.69. The van der Waals surface area contributed by atoms with Crippen LogP contribution in [0.15, 0.2) is 12.5 Å². The molecule has 10 heteroatoms. The third-order valence-corrected chi connectivity index (χ3v) is 3.47. The Morgan fingerprint density at radius 2 is 2.04 bits per heavy atom. The number of primary amides is 1. The lowest BCUT2D eigenvalue weighted by atomic mass is 10.1. The van der Waals surface area contributed by atoms with Crippen molar-refractivity contribution in [3.8, 4) is 0 Å². The second-order valence-electron chi connectivity index (χ2n) is 5.57. The number of aromatic nitrogens is 2. The van der Waals surface area contributed by atoms with Gasteiger partial charge < -0.3 is 32.8 Å². The molecule has 0 spiro atoms. The van der Waals surface area contributed by atoms with Gasteiger partial charge in [-0.25, -0.2) is 4.98 Å². The Hall–Kier alpha value is -2.46. The van der Waals surface area contributed by atoms with Crippen molar-refractivity contribution in [3.05, 3.63) is 18.2 Å². The van der Waals surface area contributed by atoms with E-state index < -0.39 is 23.9 Å². The Balaban J connectivity index is 2.64. The van der Waals surface area contributed by atoms with E-state index in [1.807, 2.05) is 0 Å². The van der Waals surface area contributed by atoms with Gasteiger partial charge in [0.25, 0.3) is 5.91 Å². The van der Waals surface area contributed by atoms with Crippen LogP contribution in [0.4, 0.5) is 0 Å². The number of hydrogen-bond donors (Lipinski definition) is 6. The fraction of sp³-hybridized carbons (Fsp3) is 0.571. The molecule has 0 fully saturated rings. The van der Waals surface area contributed by atoms with E-state index >= 15 is 0 Å². The summed E-state index contributed by atoms with van der Waals surface area (Å²) in [7, 11) is 0. The molecule has 0 saturated carbocycles. The molecule has 10 nitrogen and oxygen atoms in total. The number of carbonyl (C=O) groups is 3. The fourth-order valence-corrected chi connectivity index (χ4v) is 2.11. The highest BCUT2D eigenvalue weighted by molar-refractivity contribution is 5.91.